The van der Waals surface area contributed by atoms with Crippen LogP contribution in [-0.4, -0.2) is 46.8 Å². The Morgan fingerprint density at radius 2 is 1.93 bits per heavy atom. The molecule has 0 fully saturated rings. The Labute approximate surface area is 94.8 Å². The highest BCUT2D eigenvalue weighted by molar-refractivity contribution is 8.23. The molecule has 0 bridgehead atoms. The summed E-state index contributed by atoms with van der Waals surface area (Å²) in [5.41, 5.74) is 0. The summed E-state index contributed by atoms with van der Waals surface area (Å²) in [5.74, 6) is 0.0489. The molecule has 0 atom stereocenters. The molecule has 0 aromatic heterocycles. The van der Waals surface area contributed by atoms with Gasteiger partial charge in [0, 0.05) is 18.8 Å². The van der Waals surface area contributed by atoms with E-state index in [0.29, 0.717) is 10.1 Å². The molecule has 0 saturated carbocycles. The molecule has 0 radical (unpaired) electrons. The summed E-state index contributed by atoms with van der Waals surface area (Å²) in [4.78, 5) is 1.96. The Hall–Kier alpha value is 0.150. The molecule has 1 N–H and O–H groups in total. The molecule has 0 amide bonds. The van der Waals surface area contributed by atoms with E-state index in [2.05, 4.69) is 0 Å². The number of thiocarbonyl (C=S) groups is 1. The minimum Gasteiger partial charge on any atom is -0.358 e. The van der Waals surface area contributed by atoms with E-state index in [4.69, 9.17) is 16.8 Å². The van der Waals surface area contributed by atoms with Crippen LogP contribution in [0.4, 0.5) is 0 Å². The van der Waals surface area contributed by atoms with Gasteiger partial charge in [0.15, 0.2) is 0 Å². The fourth-order valence-electron chi connectivity index (χ4n) is 0.807. The van der Waals surface area contributed by atoms with Gasteiger partial charge >= 0.3 is 0 Å². The Morgan fingerprint density at radius 1 is 1.43 bits per heavy atom. The lowest BCUT2D eigenvalue weighted by Crippen LogP contribution is -2.27. The summed E-state index contributed by atoms with van der Waals surface area (Å²) >= 11 is 6.35. The summed E-state index contributed by atoms with van der Waals surface area (Å²) in [6.45, 7) is 5.60. The second-order valence-electron chi connectivity index (χ2n) is 2.57. The number of thioether (sulfide) groups is 1. The van der Waals surface area contributed by atoms with Crippen molar-refractivity contribution in [1.82, 2.24) is 4.90 Å². The van der Waals surface area contributed by atoms with Crippen LogP contribution in [0.15, 0.2) is 0 Å². The zero-order valence-electron chi connectivity index (χ0n) is 8.26. The fourth-order valence-corrected chi connectivity index (χ4v) is 3.11. The van der Waals surface area contributed by atoms with Crippen LogP contribution < -0.4 is 0 Å². The van der Waals surface area contributed by atoms with Crippen molar-refractivity contribution in [3.05, 3.63) is 0 Å². The SMILES string of the molecule is CCN(CC)C(=S)SCCS(=O)(=O)O. The molecule has 0 spiro atoms. The molecule has 0 saturated heterocycles. The van der Waals surface area contributed by atoms with Crippen LogP contribution in [0.2, 0.25) is 0 Å². The van der Waals surface area contributed by atoms with Crippen LogP contribution in [0, 0.1) is 0 Å². The van der Waals surface area contributed by atoms with Gasteiger partial charge < -0.3 is 4.90 Å². The van der Waals surface area contributed by atoms with E-state index in [1.807, 2.05) is 18.7 Å². The third-order valence-corrected chi connectivity index (χ3v) is 4.09. The summed E-state index contributed by atoms with van der Waals surface area (Å²) in [6, 6.07) is 0. The van der Waals surface area contributed by atoms with Crippen molar-refractivity contribution in [3.63, 3.8) is 0 Å². The van der Waals surface area contributed by atoms with Gasteiger partial charge in [0.05, 0.1) is 5.75 Å². The molecule has 0 aliphatic carbocycles. The first-order valence-corrected chi connectivity index (χ1v) is 7.27. The largest absolute Gasteiger partial charge is 0.358 e. The van der Waals surface area contributed by atoms with E-state index >= 15 is 0 Å². The third-order valence-electron chi connectivity index (χ3n) is 1.59. The molecule has 0 aromatic carbocycles. The lowest BCUT2D eigenvalue weighted by atomic mass is 10.6. The van der Waals surface area contributed by atoms with Crippen LogP contribution in [0.1, 0.15) is 13.8 Å². The molecule has 0 aliphatic rings. The molecule has 0 unspecified atom stereocenters. The van der Waals surface area contributed by atoms with E-state index in [1.165, 1.54) is 11.8 Å². The van der Waals surface area contributed by atoms with Crippen LogP contribution >= 0.6 is 24.0 Å². The second-order valence-corrected chi connectivity index (χ2v) is 5.87. The van der Waals surface area contributed by atoms with Gasteiger partial charge in [-0.2, -0.15) is 8.42 Å². The molecule has 4 nitrogen and oxygen atoms in total. The number of hydrogen-bond acceptors (Lipinski definition) is 4. The van der Waals surface area contributed by atoms with Gasteiger partial charge in [-0.1, -0.05) is 24.0 Å². The number of nitrogens with zero attached hydrogens (tertiary/aromatic N) is 1. The van der Waals surface area contributed by atoms with Gasteiger partial charge in [0.2, 0.25) is 0 Å². The normalized spacial score (nSPS) is 11.4. The van der Waals surface area contributed by atoms with Crippen molar-refractivity contribution in [1.29, 1.82) is 0 Å². The molecule has 0 aromatic rings. The lowest BCUT2D eigenvalue weighted by molar-refractivity contribution is 0.482. The predicted octanol–water partition coefficient (Wildman–Crippen LogP) is 1.23. The maximum Gasteiger partial charge on any atom is 0.265 e. The van der Waals surface area contributed by atoms with Crippen molar-refractivity contribution < 1.29 is 13.0 Å². The quantitative estimate of drug-likeness (QED) is 0.590. The van der Waals surface area contributed by atoms with Crippen molar-refractivity contribution >= 4 is 38.4 Å². The Bertz CT molecular complexity index is 272. The van der Waals surface area contributed by atoms with E-state index in [9.17, 15) is 8.42 Å². The highest BCUT2D eigenvalue weighted by Gasteiger charge is 2.09. The van der Waals surface area contributed by atoms with E-state index in [-0.39, 0.29) is 5.75 Å². The summed E-state index contributed by atoms with van der Waals surface area (Å²) in [7, 11) is -3.86. The highest BCUT2D eigenvalue weighted by atomic mass is 32.2. The van der Waals surface area contributed by atoms with Gasteiger partial charge in [-0.15, -0.1) is 0 Å². The molecule has 7 heteroatoms. The van der Waals surface area contributed by atoms with Crippen LogP contribution in [0.3, 0.4) is 0 Å². The first-order valence-electron chi connectivity index (χ1n) is 4.27. The lowest BCUT2D eigenvalue weighted by Gasteiger charge is -2.20. The third kappa shape index (κ3) is 6.58. The smallest absolute Gasteiger partial charge is 0.265 e. The van der Waals surface area contributed by atoms with Crippen LogP contribution in [-0.2, 0) is 10.1 Å². The average Bonchev–Trinajstić information content (AvgIpc) is 2.04. The molecule has 0 rings (SSSR count). The van der Waals surface area contributed by atoms with Gasteiger partial charge in [-0.05, 0) is 13.8 Å². The first kappa shape index (κ1) is 14.2. The van der Waals surface area contributed by atoms with Gasteiger partial charge in [0.1, 0.15) is 4.32 Å². The van der Waals surface area contributed by atoms with Gasteiger partial charge in [0.25, 0.3) is 10.1 Å². The molecule has 0 heterocycles. The zero-order chi connectivity index (χ0) is 11.2. The maximum atomic E-state index is 10.4. The van der Waals surface area contributed by atoms with E-state index in [1.54, 1.807) is 0 Å². The summed E-state index contributed by atoms with van der Waals surface area (Å²) < 4.78 is 30.0. The molecule has 84 valence electrons. The van der Waals surface area contributed by atoms with Crippen LogP contribution in [0.25, 0.3) is 0 Å². The number of hydrogen-bond donors (Lipinski definition) is 1. The molecular formula is C7H15NO3S3. The zero-order valence-corrected chi connectivity index (χ0v) is 10.7. The van der Waals surface area contributed by atoms with E-state index in [0.717, 1.165) is 13.1 Å². The van der Waals surface area contributed by atoms with Crippen LogP contribution in [0.5, 0.6) is 0 Å². The fraction of sp³-hybridized carbons (Fsp3) is 0.857. The molecule has 0 aliphatic heterocycles. The van der Waals surface area contributed by atoms with Gasteiger partial charge in [-0.3, -0.25) is 4.55 Å². The van der Waals surface area contributed by atoms with Gasteiger partial charge in [-0.25, -0.2) is 0 Å². The topological polar surface area (TPSA) is 57.6 Å². The summed E-state index contributed by atoms with van der Waals surface area (Å²) in [5, 5.41) is 0. The summed E-state index contributed by atoms with van der Waals surface area (Å²) in [6.07, 6.45) is 0. The van der Waals surface area contributed by atoms with E-state index < -0.39 is 10.1 Å². The Kier molecular flexibility index (Phi) is 6.67. The first-order chi connectivity index (χ1) is 6.40. The Morgan fingerprint density at radius 3 is 2.29 bits per heavy atom. The average molecular weight is 257 g/mol. The minimum atomic E-state index is -3.86. The molecule has 14 heavy (non-hydrogen) atoms. The monoisotopic (exact) mass is 257 g/mol. The van der Waals surface area contributed by atoms with Crippen molar-refractivity contribution in [2.75, 3.05) is 24.6 Å². The maximum absolute atomic E-state index is 10.4. The van der Waals surface area contributed by atoms with Crippen molar-refractivity contribution in [2.45, 2.75) is 13.8 Å². The highest BCUT2D eigenvalue weighted by Crippen LogP contribution is 2.09. The number of rotatable bonds is 5. The van der Waals surface area contributed by atoms with Crippen molar-refractivity contribution in [3.8, 4) is 0 Å². The Balaban J connectivity index is 3.85. The predicted molar refractivity (Wildman–Crippen MR) is 64.4 cm³/mol. The standard InChI is InChI=1S/C7H15NO3S3/c1-3-8(4-2)7(12)13-5-6-14(9,10)11/h3-6H2,1-2H3,(H,9,10,11). The molecular weight excluding hydrogens is 242 g/mol. The second kappa shape index (κ2) is 6.60. The van der Waals surface area contributed by atoms with Crippen molar-refractivity contribution in [2.24, 2.45) is 0 Å². The minimum absolute atomic E-state index is 0.251.